The van der Waals surface area contributed by atoms with Gasteiger partial charge in [0.2, 0.25) is 5.91 Å². The van der Waals surface area contributed by atoms with Crippen molar-refractivity contribution in [3.8, 4) is 0 Å². The number of amides is 1. The third-order valence-electron chi connectivity index (χ3n) is 1.46. The Labute approximate surface area is 91.2 Å². The second-order valence-corrected chi connectivity index (χ2v) is 3.90. The molecule has 0 bridgehead atoms. The van der Waals surface area contributed by atoms with E-state index in [1.807, 2.05) is 11.6 Å². The lowest BCUT2D eigenvalue weighted by atomic mass is 10.4. The van der Waals surface area contributed by atoms with Gasteiger partial charge in [0.15, 0.2) is 0 Å². The minimum absolute atomic E-state index is 0.293. The molecular weight excluding hydrogens is 229 g/mol. The van der Waals surface area contributed by atoms with Crippen LogP contribution < -0.4 is 10.6 Å². The molecule has 0 fully saturated rings. The number of rotatable bonds is 7. The first-order valence-electron chi connectivity index (χ1n) is 4.49. The van der Waals surface area contributed by atoms with Gasteiger partial charge in [0.25, 0.3) is 0 Å². The highest BCUT2D eigenvalue weighted by Crippen LogP contribution is 2.11. The maximum absolute atomic E-state index is 11.7. The Morgan fingerprint density at radius 3 is 2.60 bits per heavy atom. The van der Waals surface area contributed by atoms with Gasteiger partial charge in [-0.25, -0.2) is 0 Å². The molecule has 0 aliphatic rings. The maximum atomic E-state index is 11.7. The predicted molar refractivity (Wildman–Crippen MR) is 54.9 cm³/mol. The summed E-state index contributed by atoms with van der Waals surface area (Å²) >= 11 is 1.66. The molecule has 0 rings (SSSR count). The van der Waals surface area contributed by atoms with Crippen LogP contribution in [0.15, 0.2) is 0 Å². The van der Waals surface area contributed by atoms with Crippen molar-refractivity contribution >= 4 is 17.7 Å². The van der Waals surface area contributed by atoms with Gasteiger partial charge < -0.3 is 10.6 Å². The van der Waals surface area contributed by atoms with Gasteiger partial charge in [0.05, 0.1) is 13.1 Å². The molecule has 7 heteroatoms. The highest BCUT2D eigenvalue weighted by molar-refractivity contribution is 7.98. The van der Waals surface area contributed by atoms with Gasteiger partial charge in [0, 0.05) is 6.54 Å². The van der Waals surface area contributed by atoms with E-state index in [0.29, 0.717) is 6.54 Å². The van der Waals surface area contributed by atoms with Gasteiger partial charge in [-0.1, -0.05) is 0 Å². The van der Waals surface area contributed by atoms with Crippen molar-refractivity contribution < 1.29 is 18.0 Å². The number of hydrogen-bond donors (Lipinski definition) is 2. The minimum Gasteiger partial charge on any atom is -0.355 e. The third-order valence-corrected chi connectivity index (χ3v) is 2.16. The molecule has 0 spiro atoms. The number of halogens is 3. The summed E-state index contributed by atoms with van der Waals surface area (Å²) in [4.78, 5) is 10.9. The quantitative estimate of drug-likeness (QED) is 0.657. The summed E-state index contributed by atoms with van der Waals surface area (Å²) in [5, 5.41) is 4.55. The zero-order valence-electron chi connectivity index (χ0n) is 8.49. The fourth-order valence-corrected chi connectivity index (χ4v) is 1.26. The molecule has 0 aromatic carbocycles. The van der Waals surface area contributed by atoms with E-state index in [2.05, 4.69) is 5.32 Å². The SMILES string of the molecule is CSCCCNC(=O)CNCC(F)(F)F. The van der Waals surface area contributed by atoms with Crippen LogP contribution >= 0.6 is 11.8 Å². The number of nitrogens with one attached hydrogen (secondary N) is 2. The first-order chi connectivity index (χ1) is 6.95. The summed E-state index contributed by atoms with van der Waals surface area (Å²) in [6.45, 7) is -0.919. The standard InChI is InChI=1S/C8H15F3N2OS/c1-15-4-2-3-13-7(14)5-12-6-8(9,10)11/h12H,2-6H2,1H3,(H,13,14). The molecule has 0 saturated heterocycles. The Morgan fingerprint density at radius 2 is 2.07 bits per heavy atom. The Balaban J connectivity index is 3.34. The number of thioether (sulfide) groups is 1. The summed E-state index contributed by atoms with van der Waals surface area (Å²) in [5.41, 5.74) is 0. The molecule has 1 amide bonds. The second-order valence-electron chi connectivity index (χ2n) is 2.92. The molecule has 15 heavy (non-hydrogen) atoms. The monoisotopic (exact) mass is 244 g/mol. The lowest BCUT2D eigenvalue weighted by Gasteiger charge is -2.08. The van der Waals surface area contributed by atoms with Crippen molar-refractivity contribution in [2.24, 2.45) is 0 Å². The average Bonchev–Trinajstić information content (AvgIpc) is 2.10. The summed E-state index contributed by atoms with van der Waals surface area (Å²) in [6, 6.07) is 0. The van der Waals surface area contributed by atoms with E-state index in [4.69, 9.17) is 0 Å². The maximum Gasteiger partial charge on any atom is 0.401 e. The molecule has 0 aromatic heterocycles. The molecule has 0 aliphatic carbocycles. The van der Waals surface area contributed by atoms with Crippen LogP contribution in [0, 0.1) is 0 Å². The van der Waals surface area contributed by atoms with E-state index in [9.17, 15) is 18.0 Å². The average molecular weight is 244 g/mol. The van der Waals surface area contributed by atoms with Crippen LogP contribution in [-0.2, 0) is 4.79 Å². The first kappa shape index (κ1) is 14.6. The molecule has 0 saturated carbocycles. The molecule has 3 nitrogen and oxygen atoms in total. The molecule has 0 heterocycles. The van der Waals surface area contributed by atoms with Crippen LogP contribution in [0.25, 0.3) is 0 Å². The number of carbonyl (C=O) groups excluding carboxylic acids is 1. The highest BCUT2D eigenvalue weighted by Gasteiger charge is 2.26. The summed E-state index contributed by atoms with van der Waals surface area (Å²) in [7, 11) is 0. The van der Waals surface area contributed by atoms with Crippen LogP contribution in [0.5, 0.6) is 0 Å². The lowest BCUT2D eigenvalue weighted by molar-refractivity contribution is -0.128. The van der Waals surface area contributed by atoms with Crippen LogP contribution in [0.2, 0.25) is 0 Å². The smallest absolute Gasteiger partial charge is 0.355 e. The van der Waals surface area contributed by atoms with Gasteiger partial charge in [-0.05, 0) is 18.4 Å². The summed E-state index contributed by atoms with van der Waals surface area (Å²) in [5.74, 6) is 0.524. The fourth-order valence-electron chi connectivity index (χ4n) is 0.825. The van der Waals surface area contributed by atoms with Crippen molar-refractivity contribution in [3.05, 3.63) is 0 Å². The lowest BCUT2D eigenvalue weighted by Crippen LogP contribution is -2.38. The number of carbonyl (C=O) groups is 1. The highest BCUT2D eigenvalue weighted by atomic mass is 32.2. The van der Waals surface area contributed by atoms with Gasteiger partial charge in [-0.2, -0.15) is 24.9 Å². The largest absolute Gasteiger partial charge is 0.401 e. The predicted octanol–water partition coefficient (Wildman–Crippen LogP) is 1.01. The van der Waals surface area contributed by atoms with Crippen molar-refractivity contribution in [1.29, 1.82) is 0 Å². The molecule has 0 radical (unpaired) electrons. The Bertz CT molecular complexity index is 187. The number of hydrogen-bond acceptors (Lipinski definition) is 3. The first-order valence-corrected chi connectivity index (χ1v) is 5.88. The van der Waals surface area contributed by atoms with E-state index >= 15 is 0 Å². The summed E-state index contributed by atoms with van der Waals surface area (Å²) < 4.78 is 35.0. The van der Waals surface area contributed by atoms with E-state index in [1.165, 1.54) is 0 Å². The summed E-state index contributed by atoms with van der Waals surface area (Å²) in [6.07, 6.45) is -1.49. The normalized spacial score (nSPS) is 11.5. The fraction of sp³-hybridized carbons (Fsp3) is 0.875. The van der Waals surface area contributed by atoms with E-state index < -0.39 is 18.6 Å². The van der Waals surface area contributed by atoms with Crippen LogP contribution in [0.3, 0.4) is 0 Å². The molecule has 0 atom stereocenters. The van der Waals surface area contributed by atoms with Gasteiger partial charge in [-0.3, -0.25) is 4.79 Å². The van der Waals surface area contributed by atoms with Gasteiger partial charge in [-0.15, -0.1) is 0 Å². The van der Waals surface area contributed by atoms with Gasteiger partial charge in [0.1, 0.15) is 0 Å². The zero-order valence-corrected chi connectivity index (χ0v) is 9.30. The van der Waals surface area contributed by atoms with E-state index in [-0.39, 0.29) is 6.54 Å². The van der Waals surface area contributed by atoms with Crippen molar-refractivity contribution in [1.82, 2.24) is 10.6 Å². The van der Waals surface area contributed by atoms with E-state index in [0.717, 1.165) is 12.2 Å². The van der Waals surface area contributed by atoms with Crippen LogP contribution in [-0.4, -0.2) is 43.7 Å². The Morgan fingerprint density at radius 1 is 1.40 bits per heavy atom. The van der Waals surface area contributed by atoms with Crippen LogP contribution in [0.4, 0.5) is 13.2 Å². The molecule has 0 unspecified atom stereocenters. The second kappa shape index (κ2) is 7.81. The molecule has 0 aromatic rings. The minimum atomic E-state index is -4.26. The molecule has 0 aliphatic heterocycles. The van der Waals surface area contributed by atoms with Gasteiger partial charge >= 0.3 is 6.18 Å². The Kier molecular flexibility index (Phi) is 7.59. The van der Waals surface area contributed by atoms with Crippen molar-refractivity contribution in [2.75, 3.05) is 31.6 Å². The van der Waals surface area contributed by atoms with Crippen molar-refractivity contribution in [3.63, 3.8) is 0 Å². The van der Waals surface area contributed by atoms with E-state index in [1.54, 1.807) is 11.8 Å². The molecule has 90 valence electrons. The topological polar surface area (TPSA) is 41.1 Å². The molecule has 2 N–H and O–H groups in total. The number of alkyl halides is 3. The molecular formula is C8H15F3N2OS. The van der Waals surface area contributed by atoms with Crippen molar-refractivity contribution in [2.45, 2.75) is 12.6 Å². The Hall–Kier alpha value is -0.430. The van der Waals surface area contributed by atoms with Crippen LogP contribution in [0.1, 0.15) is 6.42 Å². The third kappa shape index (κ3) is 11.5. The zero-order chi connectivity index (χ0) is 11.7.